The zero-order valence-electron chi connectivity index (χ0n) is 25.8. The molecule has 51 heavy (non-hydrogen) atoms. The molecule has 27 heteroatoms. The molecule has 0 bridgehead atoms. The Balaban J connectivity index is 1.43. The van der Waals surface area contributed by atoms with Gasteiger partial charge in [0.1, 0.15) is 56.0 Å². The number of nitrogens with zero attached hydrogens (tertiary/aromatic N) is 9. The van der Waals surface area contributed by atoms with Gasteiger partial charge in [-0.1, -0.05) is 69.3 Å². The molecular formula is C24H27N9O12S6. The van der Waals surface area contributed by atoms with Crippen molar-refractivity contribution < 1.29 is 43.9 Å². The molecule has 0 spiro atoms. The number of aliphatic hydroxyl groups excluding tert-OH is 3. The second-order valence-electron chi connectivity index (χ2n) is 9.66. The van der Waals surface area contributed by atoms with Crippen LogP contribution in [-0.4, -0.2) is 133 Å². The molecule has 0 saturated heterocycles. The number of carbonyl (C=O) groups is 3. The Morgan fingerprint density at radius 3 is 1.08 bits per heavy atom. The van der Waals surface area contributed by atoms with Crippen molar-refractivity contribution in [2.24, 2.45) is 0 Å². The molecule has 3 unspecified atom stereocenters. The predicted octanol–water partition coefficient (Wildman–Crippen LogP) is -2.18. The first kappa shape index (κ1) is 40.2. The predicted molar refractivity (Wildman–Crippen MR) is 182 cm³/mol. The Morgan fingerprint density at radius 2 is 0.843 bits per heavy atom. The van der Waals surface area contributed by atoms with Crippen LogP contribution in [0.25, 0.3) is 0 Å². The number of esters is 3. The Kier molecular flexibility index (Phi) is 16.1. The van der Waals surface area contributed by atoms with Crippen LogP contribution < -0.4 is 17.1 Å². The maximum atomic E-state index is 13.3. The summed E-state index contributed by atoms with van der Waals surface area (Å²) >= 11 is 7.17. The quantitative estimate of drug-likeness (QED) is 0.0457. The van der Waals surface area contributed by atoms with Crippen molar-refractivity contribution in [3.05, 3.63) is 48.0 Å². The van der Waals surface area contributed by atoms with Crippen molar-refractivity contribution in [3.63, 3.8) is 0 Å². The fourth-order valence-electron chi connectivity index (χ4n) is 3.50. The summed E-state index contributed by atoms with van der Waals surface area (Å²) in [6, 6.07) is 0. The van der Waals surface area contributed by atoms with Crippen molar-refractivity contribution >= 4 is 87.2 Å². The monoisotopic (exact) mass is 825 g/mol. The van der Waals surface area contributed by atoms with Gasteiger partial charge in [-0.15, -0.1) is 30.6 Å². The SMILES string of the molecule is O=C(Cn1c(=O)n(CC(=O)OCC(O)CSc2nncs2)c(=O)n(CC(=O)OCC(O)CSc2nncs2)c1=O)OCC(O)CSc1nncs1. The van der Waals surface area contributed by atoms with Crippen molar-refractivity contribution in [2.45, 2.75) is 51.0 Å². The molecule has 4 heterocycles. The number of hydrogen-bond donors (Lipinski definition) is 3. The van der Waals surface area contributed by atoms with E-state index in [9.17, 15) is 44.1 Å². The third kappa shape index (κ3) is 13.2. The summed E-state index contributed by atoms with van der Waals surface area (Å²) in [5.41, 5.74) is 0.259. The molecule has 0 radical (unpaired) electrons. The lowest BCUT2D eigenvalue weighted by Crippen LogP contribution is -2.56. The van der Waals surface area contributed by atoms with E-state index in [0.717, 1.165) is 35.3 Å². The normalized spacial score (nSPS) is 13.0. The van der Waals surface area contributed by atoms with Gasteiger partial charge >= 0.3 is 35.0 Å². The number of hydrogen-bond acceptors (Lipinski definition) is 24. The number of rotatable bonds is 21. The van der Waals surface area contributed by atoms with Gasteiger partial charge in [0, 0.05) is 17.3 Å². The number of aliphatic hydroxyl groups is 3. The lowest BCUT2D eigenvalue weighted by atomic mass is 10.4. The van der Waals surface area contributed by atoms with Gasteiger partial charge in [0.2, 0.25) is 0 Å². The first-order chi connectivity index (χ1) is 24.5. The molecule has 0 aliphatic carbocycles. The van der Waals surface area contributed by atoms with E-state index in [-0.39, 0.29) is 31.0 Å². The molecule has 0 aliphatic heterocycles. The molecule has 0 amide bonds. The zero-order valence-corrected chi connectivity index (χ0v) is 30.7. The molecule has 0 aromatic carbocycles. The van der Waals surface area contributed by atoms with E-state index >= 15 is 0 Å². The van der Waals surface area contributed by atoms with E-state index in [0.29, 0.717) is 13.0 Å². The van der Waals surface area contributed by atoms with E-state index in [1.165, 1.54) is 50.5 Å². The largest absolute Gasteiger partial charge is 0.462 e. The van der Waals surface area contributed by atoms with Crippen LogP contribution in [0.3, 0.4) is 0 Å². The van der Waals surface area contributed by atoms with Gasteiger partial charge in [-0.05, 0) is 0 Å². The fraction of sp³-hybridized carbons (Fsp3) is 0.500. The van der Waals surface area contributed by atoms with Gasteiger partial charge in [-0.2, -0.15) is 0 Å². The van der Waals surface area contributed by atoms with Crippen LogP contribution in [0.4, 0.5) is 0 Å². The van der Waals surface area contributed by atoms with E-state index < -0.39 is 92.7 Å². The van der Waals surface area contributed by atoms with E-state index in [4.69, 9.17) is 14.2 Å². The van der Waals surface area contributed by atoms with Crippen molar-refractivity contribution in [3.8, 4) is 0 Å². The topological polar surface area (TPSA) is 283 Å². The molecule has 4 aromatic rings. The minimum absolute atomic E-state index is 0.0787. The Bertz CT molecular complexity index is 1640. The molecule has 3 atom stereocenters. The van der Waals surface area contributed by atoms with Crippen LogP contribution in [-0.2, 0) is 48.2 Å². The first-order valence-corrected chi connectivity index (χ1v) is 19.7. The summed E-state index contributed by atoms with van der Waals surface area (Å²) < 4.78 is 17.5. The van der Waals surface area contributed by atoms with Gasteiger partial charge < -0.3 is 29.5 Å². The first-order valence-electron chi connectivity index (χ1n) is 14.1. The van der Waals surface area contributed by atoms with E-state index in [1.807, 2.05) is 0 Å². The standard InChI is InChI=1S/C24H27N9O12S6/c34-13(7-46-19-28-25-10-49-19)4-43-16(37)1-31-22(40)32(2-17(38)44-5-14(35)8-47-20-29-26-11-50-20)24(42)33(23(31)41)3-18(39)45-6-15(36)9-48-21-30-27-12-51-21/h10-15,34-36H,1-9H2. The van der Waals surface area contributed by atoms with Gasteiger partial charge in [0.05, 0.1) is 18.3 Å². The maximum Gasteiger partial charge on any atom is 0.337 e. The maximum absolute atomic E-state index is 13.3. The molecule has 0 saturated carbocycles. The smallest absolute Gasteiger partial charge is 0.337 e. The summed E-state index contributed by atoms with van der Waals surface area (Å²) in [5, 5.41) is 52.9. The van der Waals surface area contributed by atoms with Crippen molar-refractivity contribution in [1.82, 2.24) is 44.3 Å². The van der Waals surface area contributed by atoms with Gasteiger partial charge in [0.25, 0.3) is 0 Å². The summed E-state index contributed by atoms with van der Waals surface area (Å²) in [6.45, 7) is -4.77. The zero-order chi connectivity index (χ0) is 36.8. The lowest BCUT2D eigenvalue weighted by molar-refractivity contribution is -0.147. The van der Waals surface area contributed by atoms with E-state index in [1.54, 1.807) is 0 Å². The highest BCUT2D eigenvalue weighted by molar-refractivity contribution is 8.01. The molecule has 276 valence electrons. The van der Waals surface area contributed by atoms with Crippen molar-refractivity contribution in [1.29, 1.82) is 0 Å². The Labute approximate surface area is 310 Å². The second-order valence-corrected chi connectivity index (χ2v) is 16.0. The van der Waals surface area contributed by atoms with Crippen LogP contribution in [0, 0.1) is 0 Å². The Hall–Kier alpha value is -3.57. The molecule has 4 aromatic heterocycles. The van der Waals surface area contributed by atoms with Gasteiger partial charge in [-0.25, -0.2) is 28.1 Å². The summed E-state index contributed by atoms with van der Waals surface area (Å²) in [7, 11) is 0. The second kappa shape index (κ2) is 20.5. The minimum atomic E-state index is -1.41. The summed E-state index contributed by atoms with van der Waals surface area (Å²) in [5.74, 6) is -3.25. The number of ether oxygens (including phenoxy) is 3. The average molecular weight is 826 g/mol. The van der Waals surface area contributed by atoms with Crippen LogP contribution in [0.1, 0.15) is 0 Å². The number of thioether (sulfide) groups is 3. The molecule has 3 N–H and O–H groups in total. The lowest BCUT2D eigenvalue weighted by Gasteiger charge is -2.15. The van der Waals surface area contributed by atoms with Crippen LogP contribution in [0.15, 0.2) is 43.9 Å². The average Bonchev–Trinajstić information content (AvgIpc) is 3.93. The Morgan fingerprint density at radius 1 is 0.569 bits per heavy atom. The van der Waals surface area contributed by atoms with E-state index in [2.05, 4.69) is 30.6 Å². The minimum Gasteiger partial charge on any atom is -0.462 e. The molecule has 4 rings (SSSR count). The molecule has 0 fully saturated rings. The summed E-state index contributed by atoms with van der Waals surface area (Å²) in [6.07, 6.45) is -3.48. The molecule has 0 aliphatic rings. The fourth-order valence-corrected chi connectivity index (χ4v) is 7.76. The van der Waals surface area contributed by atoms with Gasteiger partial charge in [-0.3, -0.25) is 14.4 Å². The molecular weight excluding hydrogens is 799 g/mol. The van der Waals surface area contributed by atoms with Crippen molar-refractivity contribution in [2.75, 3.05) is 37.1 Å². The van der Waals surface area contributed by atoms with Crippen LogP contribution in [0.2, 0.25) is 0 Å². The third-order valence-electron chi connectivity index (χ3n) is 5.77. The van der Waals surface area contributed by atoms with Crippen LogP contribution in [0.5, 0.6) is 0 Å². The van der Waals surface area contributed by atoms with Crippen LogP contribution >= 0.6 is 69.3 Å². The molecule has 21 nitrogen and oxygen atoms in total. The number of carbonyl (C=O) groups excluding carboxylic acids is 3. The third-order valence-corrected chi connectivity index (χ3v) is 11.8. The number of aromatic nitrogens is 9. The summed E-state index contributed by atoms with van der Waals surface area (Å²) in [4.78, 5) is 77.7. The highest BCUT2D eigenvalue weighted by Crippen LogP contribution is 2.21. The highest BCUT2D eigenvalue weighted by Gasteiger charge is 2.23. The highest BCUT2D eigenvalue weighted by atomic mass is 32.2. The van der Waals surface area contributed by atoms with Gasteiger partial charge in [0.15, 0.2) is 13.0 Å².